The summed E-state index contributed by atoms with van der Waals surface area (Å²) in [5, 5.41) is 15.2. The Morgan fingerprint density at radius 3 is 2.95 bits per heavy atom. The molecule has 0 spiro atoms. The molecule has 2 aromatic rings. The summed E-state index contributed by atoms with van der Waals surface area (Å²) in [6.07, 6.45) is 1.04. The van der Waals surface area contributed by atoms with Gasteiger partial charge in [0, 0.05) is 0 Å². The van der Waals surface area contributed by atoms with Gasteiger partial charge in [-0.3, -0.25) is 0 Å². The number of aromatic nitrogens is 4. The molecule has 0 aliphatic carbocycles. The lowest BCUT2D eigenvalue weighted by molar-refractivity contribution is 0.503. The van der Waals surface area contributed by atoms with Crippen molar-refractivity contribution in [2.75, 3.05) is 6.54 Å². The van der Waals surface area contributed by atoms with Crippen molar-refractivity contribution in [3.63, 3.8) is 0 Å². The van der Waals surface area contributed by atoms with Crippen LogP contribution >= 0.6 is 11.6 Å². The molecule has 1 atom stereocenters. The first-order valence-corrected chi connectivity index (χ1v) is 6.93. The Balaban J connectivity index is 2.13. The van der Waals surface area contributed by atoms with Gasteiger partial charge in [-0.1, -0.05) is 24.6 Å². The van der Waals surface area contributed by atoms with E-state index >= 15 is 0 Å². The number of halogens is 2. The second-order valence-corrected chi connectivity index (χ2v) is 5.03. The van der Waals surface area contributed by atoms with E-state index in [2.05, 4.69) is 27.8 Å². The number of benzene rings is 1. The number of nitrogens with one attached hydrogen (secondary N) is 1. The van der Waals surface area contributed by atoms with Crippen molar-refractivity contribution in [1.29, 1.82) is 0 Å². The third-order valence-electron chi connectivity index (χ3n) is 2.96. The minimum atomic E-state index is -0.426. The molecule has 20 heavy (non-hydrogen) atoms. The summed E-state index contributed by atoms with van der Waals surface area (Å²) in [7, 11) is 0. The van der Waals surface area contributed by atoms with E-state index in [9.17, 15) is 4.39 Å². The third-order valence-corrected chi connectivity index (χ3v) is 3.25. The van der Waals surface area contributed by atoms with E-state index in [4.69, 9.17) is 11.6 Å². The fourth-order valence-electron chi connectivity index (χ4n) is 1.90. The molecule has 1 unspecified atom stereocenters. The lowest BCUT2D eigenvalue weighted by atomic mass is 10.2. The van der Waals surface area contributed by atoms with Crippen molar-refractivity contribution >= 4 is 11.6 Å². The van der Waals surface area contributed by atoms with Gasteiger partial charge in [-0.2, -0.15) is 0 Å². The Labute approximate surface area is 122 Å². The molecule has 2 rings (SSSR count). The largest absolute Gasteiger partial charge is 0.307 e. The topological polar surface area (TPSA) is 55.6 Å². The van der Waals surface area contributed by atoms with Crippen LogP contribution in [0.1, 0.15) is 37.7 Å². The molecule has 0 saturated carbocycles. The van der Waals surface area contributed by atoms with Crippen molar-refractivity contribution in [3.05, 3.63) is 40.4 Å². The minimum absolute atomic E-state index is 0.0564. The zero-order valence-electron chi connectivity index (χ0n) is 11.5. The monoisotopic (exact) mass is 297 g/mol. The second-order valence-electron chi connectivity index (χ2n) is 4.62. The first-order valence-electron chi connectivity index (χ1n) is 6.55. The van der Waals surface area contributed by atoms with E-state index in [-0.39, 0.29) is 11.1 Å². The zero-order valence-corrected chi connectivity index (χ0v) is 12.2. The van der Waals surface area contributed by atoms with Crippen molar-refractivity contribution in [2.45, 2.75) is 32.9 Å². The average molecular weight is 298 g/mol. The van der Waals surface area contributed by atoms with Crippen LogP contribution in [0, 0.1) is 5.82 Å². The highest BCUT2D eigenvalue weighted by Gasteiger charge is 2.14. The van der Waals surface area contributed by atoms with Gasteiger partial charge in [0.2, 0.25) is 0 Å². The van der Waals surface area contributed by atoms with Gasteiger partial charge >= 0.3 is 0 Å². The summed E-state index contributed by atoms with van der Waals surface area (Å²) in [5.41, 5.74) is 0.854. The molecule has 5 nitrogen and oxygen atoms in total. The molecule has 7 heteroatoms. The average Bonchev–Trinajstić information content (AvgIpc) is 2.88. The van der Waals surface area contributed by atoms with E-state index < -0.39 is 5.82 Å². The summed E-state index contributed by atoms with van der Waals surface area (Å²) in [5.74, 6) is 0.323. The number of hydrogen-bond donors (Lipinski definition) is 1. The van der Waals surface area contributed by atoms with E-state index in [0.29, 0.717) is 6.54 Å². The molecule has 0 amide bonds. The predicted octanol–water partition coefficient (Wildman–Crippen LogP) is 2.57. The lowest BCUT2D eigenvalue weighted by Gasteiger charge is -2.13. The maximum absolute atomic E-state index is 13.1. The minimum Gasteiger partial charge on any atom is -0.307 e. The first kappa shape index (κ1) is 14.9. The second kappa shape index (κ2) is 6.76. The molecular weight excluding hydrogens is 281 g/mol. The highest BCUT2D eigenvalue weighted by atomic mass is 35.5. The smallest absolute Gasteiger partial charge is 0.168 e. The third kappa shape index (κ3) is 3.52. The lowest BCUT2D eigenvalue weighted by Crippen LogP contribution is -2.23. The van der Waals surface area contributed by atoms with Crippen molar-refractivity contribution < 1.29 is 4.39 Å². The fraction of sp³-hybridized carbons (Fsp3) is 0.462. The summed E-state index contributed by atoms with van der Waals surface area (Å²) in [6.45, 7) is 5.47. The Bertz CT molecular complexity index is 572. The normalized spacial score (nSPS) is 12.6. The van der Waals surface area contributed by atoms with Gasteiger partial charge in [0.05, 0.1) is 17.6 Å². The van der Waals surface area contributed by atoms with Crippen LogP contribution in [0.25, 0.3) is 0 Å². The maximum Gasteiger partial charge on any atom is 0.168 e. The summed E-state index contributed by atoms with van der Waals surface area (Å²) in [4.78, 5) is 0. The molecule has 0 radical (unpaired) electrons. The van der Waals surface area contributed by atoms with Crippen molar-refractivity contribution in [1.82, 2.24) is 25.5 Å². The van der Waals surface area contributed by atoms with Crippen LogP contribution in [-0.4, -0.2) is 26.8 Å². The maximum atomic E-state index is 13.1. The molecule has 0 aliphatic heterocycles. The molecule has 1 heterocycles. The van der Waals surface area contributed by atoms with Crippen LogP contribution in [0.3, 0.4) is 0 Å². The van der Waals surface area contributed by atoms with Gasteiger partial charge < -0.3 is 5.32 Å². The van der Waals surface area contributed by atoms with Crippen molar-refractivity contribution in [3.8, 4) is 0 Å². The van der Waals surface area contributed by atoms with Gasteiger partial charge in [0.1, 0.15) is 5.82 Å². The van der Waals surface area contributed by atoms with Crippen LogP contribution in [0.15, 0.2) is 18.2 Å². The van der Waals surface area contributed by atoms with E-state index in [0.717, 1.165) is 24.4 Å². The van der Waals surface area contributed by atoms with Crippen molar-refractivity contribution in [2.24, 2.45) is 0 Å². The molecule has 108 valence electrons. The molecule has 1 aromatic carbocycles. The van der Waals surface area contributed by atoms with Gasteiger partial charge in [-0.05, 0) is 48.0 Å². The van der Waals surface area contributed by atoms with Crippen LogP contribution < -0.4 is 5.32 Å². The van der Waals surface area contributed by atoms with Gasteiger partial charge in [-0.15, -0.1) is 5.10 Å². The van der Waals surface area contributed by atoms with Gasteiger partial charge in [0.25, 0.3) is 0 Å². The summed E-state index contributed by atoms with van der Waals surface area (Å²) < 4.78 is 14.8. The molecule has 0 fully saturated rings. The number of rotatable bonds is 6. The quantitative estimate of drug-likeness (QED) is 0.890. The Hall–Kier alpha value is -1.53. The summed E-state index contributed by atoms with van der Waals surface area (Å²) in [6, 6.07) is 4.67. The van der Waals surface area contributed by atoms with Crippen LogP contribution in [-0.2, 0) is 6.54 Å². The van der Waals surface area contributed by atoms with Gasteiger partial charge in [0.15, 0.2) is 5.82 Å². The molecule has 1 N–H and O–H groups in total. The van der Waals surface area contributed by atoms with Gasteiger partial charge in [-0.25, -0.2) is 9.07 Å². The Morgan fingerprint density at radius 2 is 2.25 bits per heavy atom. The highest BCUT2D eigenvalue weighted by molar-refractivity contribution is 6.30. The van der Waals surface area contributed by atoms with Crippen LogP contribution in [0.2, 0.25) is 5.02 Å². The SMILES string of the molecule is CCCNC(C)c1nnnn1Cc1ccc(F)c(Cl)c1. The number of nitrogens with zero attached hydrogens (tertiary/aromatic N) is 4. The van der Waals surface area contributed by atoms with Crippen LogP contribution in [0.5, 0.6) is 0 Å². The molecule has 0 bridgehead atoms. The number of tetrazole rings is 1. The fourth-order valence-corrected chi connectivity index (χ4v) is 2.10. The molecule has 0 aliphatic rings. The zero-order chi connectivity index (χ0) is 14.5. The Kier molecular flexibility index (Phi) is 5.03. The van der Waals surface area contributed by atoms with E-state index in [1.807, 2.05) is 6.92 Å². The Morgan fingerprint density at radius 1 is 1.45 bits per heavy atom. The highest BCUT2D eigenvalue weighted by Crippen LogP contribution is 2.17. The number of hydrogen-bond acceptors (Lipinski definition) is 4. The molecule has 0 saturated heterocycles. The molecular formula is C13H17ClFN5. The first-order chi connectivity index (χ1) is 9.61. The standard InChI is InChI=1S/C13H17ClFN5/c1-3-6-16-9(2)13-17-18-19-20(13)8-10-4-5-12(15)11(14)7-10/h4-5,7,9,16H,3,6,8H2,1-2H3. The van der Waals surface area contributed by atoms with E-state index in [1.165, 1.54) is 6.07 Å². The molecule has 1 aromatic heterocycles. The van der Waals surface area contributed by atoms with E-state index in [1.54, 1.807) is 16.8 Å². The van der Waals surface area contributed by atoms with Crippen LogP contribution in [0.4, 0.5) is 4.39 Å². The summed E-state index contributed by atoms with van der Waals surface area (Å²) >= 11 is 5.78. The predicted molar refractivity (Wildman–Crippen MR) is 75.0 cm³/mol.